The maximum atomic E-state index is 6.42. The van der Waals surface area contributed by atoms with Gasteiger partial charge in [-0.15, -0.1) is 11.3 Å². The van der Waals surface area contributed by atoms with E-state index in [0.29, 0.717) is 23.0 Å². The highest BCUT2D eigenvalue weighted by molar-refractivity contribution is 7.14. The summed E-state index contributed by atoms with van der Waals surface area (Å²) in [6, 6.07) is 2.77. The van der Waals surface area contributed by atoms with Crippen LogP contribution in [-0.4, -0.2) is 41.8 Å². The van der Waals surface area contributed by atoms with Crippen molar-refractivity contribution >= 4 is 33.9 Å². The molecule has 6 nitrogen and oxygen atoms in total. The highest BCUT2D eigenvalue weighted by Crippen LogP contribution is 2.32. The molecule has 0 unspecified atom stereocenters. The van der Waals surface area contributed by atoms with Gasteiger partial charge in [-0.05, 0) is 50.5 Å². The van der Waals surface area contributed by atoms with Crippen molar-refractivity contribution < 1.29 is 4.74 Å². The molecule has 2 aliphatic rings. The molecule has 1 aliphatic carbocycles. The van der Waals surface area contributed by atoms with E-state index in [2.05, 4.69) is 21.0 Å². The molecule has 0 spiro atoms. The zero-order chi connectivity index (χ0) is 19.3. The average molecular weight is 422 g/mol. The van der Waals surface area contributed by atoms with Crippen molar-refractivity contribution in [2.24, 2.45) is 11.7 Å². The SMILES string of the molecule is N[C@H]1CC[C@H](Nc2cc(-c3csc(NCC4CCOCC4)n3)c(Cl)cn2)CC1. The molecule has 0 atom stereocenters. The minimum Gasteiger partial charge on any atom is -0.381 e. The number of rotatable bonds is 6. The van der Waals surface area contributed by atoms with Crippen LogP contribution in [0.5, 0.6) is 0 Å². The lowest BCUT2D eigenvalue weighted by atomic mass is 9.92. The fourth-order valence-electron chi connectivity index (χ4n) is 3.85. The van der Waals surface area contributed by atoms with Crippen molar-refractivity contribution in [3.8, 4) is 11.3 Å². The van der Waals surface area contributed by atoms with E-state index in [9.17, 15) is 0 Å². The van der Waals surface area contributed by atoms with Gasteiger partial charge in [0.15, 0.2) is 5.13 Å². The average Bonchev–Trinajstić information content (AvgIpc) is 3.19. The second-order valence-electron chi connectivity index (χ2n) is 7.78. The standard InChI is InChI=1S/C20H28ClN5OS/c21-17-11-23-19(25-15-3-1-14(22)2-4-15)9-16(17)18-12-28-20(26-18)24-10-13-5-7-27-8-6-13/h9,11-15H,1-8,10,22H2,(H,23,25)(H,24,26)/t14-,15-. The van der Waals surface area contributed by atoms with Gasteiger partial charge in [0.1, 0.15) is 5.82 Å². The summed E-state index contributed by atoms with van der Waals surface area (Å²) in [5, 5.41) is 10.6. The predicted molar refractivity (Wildman–Crippen MR) is 116 cm³/mol. The Morgan fingerprint density at radius 2 is 1.96 bits per heavy atom. The number of anilines is 2. The molecule has 1 saturated heterocycles. The second-order valence-corrected chi connectivity index (χ2v) is 9.05. The number of hydrogen-bond acceptors (Lipinski definition) is 7. The topological polar surface area (TPSA) is 85.1 Å². The second kappa shape index (κ2) is 9.39. The molecule has 0 radical (unpaired) electrons. The lowest BCUT2D eigenvalue weighted by Crippen LogP contribution is -2.33. The van der Waals surface area contributed by atoms with Crippen molar-refractivity contribution in [1.82, 2.24) is 9.97 Å². The van der Waals surface area contributed by atoms with Crippen LogP contribution in [0.3, 0.4) is 0 Å². The first kappa shape index (κ1) is 19.9. The molecule has 0 aromatic carbocycles. The number of halogens is 1. The van der Waals surface area contributed by atoms with Crippen molar-refractivity contribution in [3.63, 3.8) is 0 Å². The highest BCUT2D eigenvalue weighted by Gasteiger charge is 2.19. The van der Waals surface area contributed by atoms with Crippen molar-refractivity contribution in [2.75, 3.05) is 30.4 Å². The minimum atomic E-state index is 0.342. The van der Waals surface area contributed by atoms with E-state index in [0.717, 1.165) is 80.5 Å². The lowest BCUT2D eigenvalue weighted by molar-refractivity contribution is 0.0699. The van der Waals surface area contributed by atoms with E-state index >= 15 is 0 Å². The van der Waals surface area contributed by atoms with Crippen LogP contribution in [0.4, 0.5) is 10.9 Å². The number of pyridine rings is 1. The monoisotopic (exact) mass is 421 g/mol. The summed E-state index contributed by atoms with van der Waals surface area (Å²) in [6.07, 6.45) is 8.22. The van der Waals surface area contributed by atoms with E-state index in [1.54, 1.807) is 17.5 Å². The van der Waals surface area contributed by atoms with Crippen LogP contribution in [0.1, 0.15) is 38.5 Å². The fraction of sp³-hybridized carbons (Fsp3) is 0.600. The third-order valence-corrected chi connectivity index (χ3v) is 6.74. The van der Waals surface area contributed by atoms with Crippen molar-refractivity contribution in [3.05, 3.63) is 22.7 Å². The van der Waals surface area contributed by atoms with Gasteiger partial charge in [0, 0.05) is 49.0 Å². The molecule has 8 heteroatoms. The first-order valence-corrected chi connectivity index (χ1v) is 11.4. The largest absolute Gasteiger partial charge is 0.381 e. The fourth-order valence-corrected chi connectivity index (χ4v) is 4.77. The molecule has 4 rings (SSSR count). The summed E-state index contributed by atoms with van der Waals surface area (Å²) in [6.45, 7) is 2.67. The first-order valence-electron chi connectivity index (χ1n) is 10.1. The third-order valence-electron chi connectivity index (χ3n) is 5.64. The number of aromatic nitrogens is 2. The van der Waals surface area contributed by atoms with Crippen LogP contribution >= 0.6 is 22.9 Å². The predicted octanol–water partition coefficient (Wildman–Crippen LogP) is 4.38. The number of hydrogen-bond donors (Lipinski definition) is 3. The van der Waals surface area contributed by atoms with E-state index in [-0.39, 0.29) is 0 Å². The molecule has 1 aliphatic heterocycles. The Labute approximate surface area is 175 Å². The normalized spacial score (nSPS) is 23.5. The van der Waals surface area contributed by atoms with Gasteiger partial charge in [-0.25, -0.2) is 9.97 Å². The van der Waals surface area contributed by atoms with Gasteiger partial charge in [-0.2, -0.15) is 0 Å². The summed E-state index contributed by atoms with van der Waals surface area (Å²) in [5.41, 5.74) is 7.81. The molecule has 2 aromatic rings. The van der Waals surface area contributed by atoms with Crippen molar-refractivity contribution in [1.29, 1.82) is 0 Å². The Hall–Kier alpha value is -1.41. The highest BCUT2D eigenvalue weighted by atomic mass is 35.5. The maximum Gasteiger partial charge on any atom is 0.183 e. The van der Waals surface area contributed by atoms with Crippen LogP contribution in [0.25, 0.3) is 11.3 Å². The van der Waals surface area contributed by atoms with E-state index in [4.69, 9.17) is 27.1 Å². The number of thiazole rings is 1. The molecular weight excluding hydrogens is 394 g/mol. The van der Waals surface area contributed by atoms with Gasteiger partial charge in [0.05, 0.1) is 10.7 Å². The quantitative estimate of drug-likeness (QED) is 0.641. The Balaban J connectivity index is 1.40. The molecule has 2 aromatic heterocycles. The summed E-state index contributed by atoms with van der Waals surface area (Å²) >= 11 is 8.04. The lowest BCUT2D eigenvalue weighted by Gasteiger charge is -2.27. The molecular formula is C20H28ClN5OS. The molecule has 4 N–H and O–H groups in total. The molecule has 152 valence electrons. The van der Waals surface area contributed by atoms with Crippen LogP contribution in [-0.2, 0) is 4.74 Å². The third kappa shape index (κ3) is 5.14. The first-order chi connectivity index (χ1) is 13.7. The summed E-state index contributed by atoms with van der Waals surface area (Å²) < 4.78 is 5.42. The van der Waals surface area contributed by atoms with Gasteiger partial charge in [0.25, 0.3) is 0 Å². The van der Waals surface area contributed by atoms with Crippen LogP contribution in [0.15, 0.2) is 17.6 Å². The van der Waals surface area contributed by atoms with Crippen LogP contribution < -0.4 is 16.4 Å². The maximum absolute atomic E-state index is 6.42. The number of ether oxygens (including phenoxy) is 1. The zero-order valence-corrected chi connectivity index (χ0v) is 17.6. The van der Waals surface area contributed by atoms with Gasteiger partial charge >= 0.3 is 0 Å². The molecule has 2 fully saturated rings. The van der Waals surface area contributed by atoms with Gasteiger partial charge < -0.3 is 21.1 Å². The number of nitrogens with zero attached hydrogens (tertiary/aromatic N) is 2. The molecule has 0 amide bonds. The van der Waals surface area contributed by atoms with E-state index in [1.807, 2.05) is 6.07 Å². The molecule has 0 bridgehead atoms. The van der Waals surface area contributed by atoms with Crippen LogP contribution in [0, 0.1) is 5.92 Å². The smallest absolute Gasteiger partial charge is 0.183 e. The minimum absolute atomic E-state index is 0.342. The number of nitrogens with one attached hydrogen (secondary N) is 2. The zero-order valence-electron chi connectivity index (χ0n) is 16.0. The van der Waals surface area contributed by atoms with Crippen LogP contribution in [0.2, 0.25) is 5.02 Å². The number of nitrogens with two attached hydrogens (primary N) is 1. The van der Waals surface area contributed by atoms with Gasteiger partial charge in [-0.3, -0.25) is 0 Å². The van der Waals surface area contributed by atoms with E-state index < -0.39 is 0 Å². The van der Waals surface area contributed by atoms with Crippen molar-refractivity contribution in [2.45, 2.75) is 50.6 Å². The Morgan fingerprint density at radius 1 is 1.18 bits per heavy atom. The Kier molecular flexibility index (Phi) is 6.67. The van der Waals surface area contributed by atoms with Gasteiger partial charge in [-0.1, -0.05) is 11.6 Å². The molecule has 3 heterocycles. The van der Waals surface area contributed by atoms with E-state index in [1.165, 1.54) is 0 Å². The summed E-state index contributed by atoms with van der Waals surface area (Å²) in [7, 11) is 0. The van der Waals surface area contributed by atoms with Gasteiger partial charge in [0.2, 0.25) is 0 Å². The Bertz CT molecular complexity index is 772. The Morgan fingerprint density at radius 3 is 2.75 bits per heavy atom. The molecule has 28 heavy (non-hydrogen) atoms. The summed E-state index contributed by atoms with van der Waals surface area (Å²) in [4.78, 5) is 9.20. The summed E-state index contributed by atoms with van der Waals surface area (Å²) in [5.74, 6) is 1.51. The molecule has 1 saturated carbocycles.